The monoisotopic (exact) mass is 288 g/mol. The van der Waals surface area contributed by atoms with Gasteiger partial charge in [-0.15, -0.1) is 11.3 Å². The van der Waals surface area contributed by atoms with Crippen molar-refractivity contribution in [3.8, 4) is 0 Å². The summed E-state index contributed by atoms with van der Waals surface area (Å²) in [6.45, 7) is 4.93. The van der Waals surface area contributed by atoms with Gasteiger partial charge in [-0.2, -0.15) is 0 Å². The molecule has 0 atom stereocenters. The molecule has 20 heavy (non-hydrogen) atoms. The summed E-state index contributed by atoms with van der Waals surface area (Å²) in [7, 11) is 0. The van der Waals surface area contributed by atoms with Gasteiger partial charge in [-0.3, -0.25) is 4.79 Å². The van der Waals surface area contributed by atoms with Crippen LogP contribution in [0.5, 0.6) is 0 Å². The summed E-state index contributed by atoms with van der Waals surface area (Å²) >= 11 is 1.67. The molecule has 1 N–H and O–H groups in total. The fourth-order valence-corrected chi connectivity index (χ4v) is 2.82. The van der Waals surface area contributed by atoms with Crippen LogP contribution in [0.25, 0.3) is 0 Å². The van der Waals surface area contributed by atoms with Crippen LogP contribution in [0.15, 0.2) is 35.7 Å². The molecule has 0 fully saturated rings. The molecule has 0 aliphatic heterocycles. The van der Waals surface area contributed by atoms with Crippen LogP contribution in [0.4, 0.5) is 0 Å². The van der Waals surface area contributed by atoms with E-state index in [0.29, 0.717) is 18.9 Å². The summed E-state index contributed by atoms with van der Waals surface area (Å²) in [6.07, 6.45) is 1.24. The van der Waals surface area contributed by atoms with Crippen molar-refractivity contribution in [2.75, 3.05) is 6.54 Å². The first-order chi connectivity index (χ1) is 9.65. The first-order valence-electron chi connectivity index (χ1n) is 6.90. The van der Waals surface area contributed by atoms with Crippen LogP contribution in [0.1, 0.15) is 36.0 Å². The Labute approximate surface area is 124 Å². The molecule has 4 heteroatoms. The molecular formula is C16H20N2OS. The summed E-state index contributed by atoms with van der Waals surface area (Å²) < 4.78 is 0. The van der Waals surface area contributed by atoms with Crippen molar-refractivity contribution in [1.82, 2.24) is 10.3 Å². The van der Waals surface area contributed by atoms with E-state index < -0.39 is 0 Å². The smallest absolute Gasteiger partial charge is 0.224 e. The van der Waals surface area contributed by atoms with Gasteiger partial charge in [0.05, 0.1) is 17.1 Å². The second-order valence-electron chi connectivity index (χ2n) is 5.08. The first kappa shape index (κ1) is 14.7. The molecule has 0 aliphatic carbocycles. The molecule has 2 rings (SSSR count). The summed E-state index contributed by atoms with van der Waals surface area (Å²) in [6, 6.07) is 9.79. The lowest BCUT2D eigenvalue weighted by Crippen LogP contribution is -2.27. The molecular weight excluding hydrogens is 268 g/mol. The maximum atomic E-state index is 11.8. The summed E-state index contributed by atoms with van der Waals surface area (Å²) in [5.41, 5.74) is 2.18. The van der Waals surface area contributed by atoms with Gasteiger partial charge in [0.25, 0.3) is 0 Å². The Hall–Kier alpha value is -1.68. The van der Waals surface area contributed by atoms with E-state index in [2.05, 4.69) is 29.5 Å². The SMILES string of the molecule is CC(C)c1csc(CCNC(=O)Cc2ccccc2)n1. The van der Waals surface area contributed by atoms with Crippen LogP contribution < -0.4 is 5.32 Å². The topological polar surface area (TPSA) is 42.0 Å². The number of hydrogen-bond donors (Lipinski definition) is 1. The standard InChI is InChI=1S/C16H20N2OS/c1-12(2)14-11-20-16(18-14)8-9-17-15(19)10-13-6-4-3-5-7-13/h3-7,11-12H,8-10H2,1-2H3,(H,17,19). The van der Waals surface area contributed by atoms with Gasteiger partial charge in [0.2, 0.25) is 5.91 Å². The lowest BCUT2D eigenvalue weighted by molar-refractivity contribution is -0.120. The number of hydrogen-bond acceptors (Lipinski definition) is 3. The molecule has 2 aromatic rings. The molecule has 1 aromatic carbocycles. The maximum Gasteiger partial charge on any atom is 0.224 e. The molecule has 0 spiro atoms. The van der Waals surface area contributed by atoms with E-state index in [0.717, 1.165) is 22.7 Å². The number of amides is 1. The van der Waals surface area contributed by atoms with Crippen molar-refractivity contribution in [3.05, 3.63) is 52.0 Å². The fourth-order valence-electron chi connectivity index (χ4n) is 1.86. The highest BCUT2D eigenvalue weighted by molar-refractivity contribution is 7.09. The highest BCUT2D eigenvalue weighted by Gasteiger charge is 2.06. The Morgan fingerprint density at radius 2 is 2.05 bits per heavy atom. The molecule has 0 unspecified atom stereocenters. The Balaban J connectivity index is 1.73. The molecule has 0 bridgehead atoms. The molecule has 1 heterocycles. The Morgan fingerprint density at radius 1 is 1.30 bits per heavy atom. The second kappa shape index (κ2) is 7.20. The van der Waals surface area contributed by atoms with Crippen molar-refractivity contribution in [2.45, 2.75) is 32.6 Å². The quantitative estimate of drug-likeness (QED) is 0.887. The van der Waals surface area contributed by atoms with Gasteiger partial charge in [0.1, 0.15) is 0 Å². The molecule has 0 aliphatic rings. The van der Waals surface area contributed by atoms with E-state index in [1.807, 2.05) is 30.3 Å². The van der Waals surface area contributed by atoms with Crippen molar-refractivity contribution >= 4 is 17.2 Å². The zero-order chi connectivity index (χ0) is 14.4. The van der Waals surface area contributed by atoms with E-state index in [9.17, 15) is 4.79 Å². The first-order valence-corrected chi connectivity index (χ1v) is 7.78. The van der Waals surface area contributed by atoms with Crippen molar-refractivity contribution < 1.29 is 4.79 Å². The van der Waals surface area contributed by atoms with Gasteiger partial charge in [-0.05, 0) is 11.5 Å². The van der Waals surface area contributed by atoms with Crippen molar-refractivity contribution in [3.63, 3.8) is 0 Å². The summed E-state index contributed by atoms with van der Waals surface area (Å²) in [4.78, 5) is 16.3. The van der Waals surface area contributed by atoms with Gasteiger partial charge in [-0.25, -0.2) is 4.98 Å². The zero-order valence-electron chi connectivity index (χ0n) is 11.9. The minimum Gasteiger partial charge on any atom is -0.355 e. The van der Waals surface area contributed by atoms with Gasteiger partial charge in [-0.1, -0.05) is 44.2 Å². The largest absolute Gasteiger partial charge is 0.355 e. The van der Waals surface area contributed by atoms with Crippen LogP contribution in [0.2, 0.25) is 0 Å². The number of nitrogens with zero attached hydrogens (tertiary/aromatic N) is 1. The molecule has 1 aromatic heterocycles. The number of rotatable bonds is 6. The molecule has 3 nitrogen and oxygen atoms in total. The van der Waals surface area contributed by atoms with E-state index in [1.54, 1.807) is 11.3 Å². The summed E-state index contributed by atoms with van der Waals surface area (Å²) in [5, 5.41) is 6.14. The number of thiazole rings is 1. The van der Waals surface area contributed by atoms with Gasteiger partial charge >= 0.3 is 0 Å². The number of carbonyl (C=O) groups excluding carboxylic acids is 1. The van der Waals surface area contributed by atoms with Gasteiger partial charge in [0, 0.05) is 18.3 Å². The van der Waals surface area contributed by atoms with Crippen molar-refractivity contribution in [1.29, 1.82) is 0 Å². The van der Waals surface area contributed by atoms with E-state index in [4.69, 9.17) is 0 Å². The third-order valence-electron chi connectivity index (χ3n) is 3.03. The minimum atomic E-state index is 0.0665. The molecule has 0 radical (unpaired) electrons. The molecule has 1 amide bonds. The average Bonchev–Trinajstić information content (AvgIpc) is 2.89. The van der Waals surface area contributed by atoms with Gasteiger partial charge < -0.3 is 5.32 Å². The Bertz CT molecular complexity index is 549. The minimum absolute atomic E-state index is 0.0665. The maximum absolute atomic E-state index is 11.8. The van der Waals surface area contributed by atoms with Crippen LogP contribution in [-0.4, -0.2) is 17.4 Å². The van der Waals surface area contributed by atoms with Crippen LogP contribution in [0.3, 0.4) is 0 Å². The highest BCUT2D eigenvalue weighted by Crippen LogP contribution is 2.17. The molecule has 0 saturated carbocycles. The van der Waals surface area contributed by atoms with E-state index in [1.165, 1.54) is 0 Å². The molecule has 106 valence electrons. The van der Waals surface area contributed by atoms with Gasteiger partial charge in [0.15, 0.2) is 0 Å². The predicted molar refractivity (Wildman–Crippen MR) is 83.1 cm³/mol. The second-order valence-corrected chi connectivity index (χ2v) is 6.03. The van der Waals surface area contributed by atoms with E-state index >= 15 is 0 Å². The fraction of sp³-hybridized carbons (Fsp3) is 0.375. The third kappa shape index (κ3) is 4.46. The Kier molecular flexibility index (Phi) is 5.30. The number of carbonyl (C=O) groups is 1. The van der Waals surface area contributed by atoms with Crippen LogP contribution >= 0.6 is 11.3 Å². The number of nitrogens with one attached hydrogen (secondary N) is 1. The highest BCUT2D eigenvalue weighted by atomic mass is 32.1. The number of aromatic nitrogens is 1. The van der Waals surface area contributed by atoms with Crippen LogP contribution in [0, 0.1) is 0 Å². The summed E-state index contributed by atoms with van der Waals surface area (Å²) in [5.74, 6) is 0.532. The zero-order valence-corrected chi connectivity index (χ0v) is 12.7. The predicted octanol–water partition coefficient (Wildman–Crippen LogP) is 3.17. The van der Waals surface area contributed by atoms with E-state index in [-0.39, 0.29) is 5.91 Å². The van der Waals surface area contributed by atoms with Crippen LogP contribution in [-0.2, 0) is 17.6 Å². The lowest BCUT2D eigenvalue weighted by atomic mass is 10.1. The molecule has 0 saturated heterocycles. The van der Waals surface area contributed by atoms with Crippen molar-refractivity contribution in [2.24, 2.45) is 0 Å². The third-order valence-corrected chi connectivity index (χ3v) is 3.96. The normalized spacial score (nSPS) is 10.8. The number of benzene rings is 1. The lowest BCUT2D eigenvalue weighted by Gasteiger charge is -2.04. The Morgan fingerprint density at radius 3 is 2.70 bits per heavy atom. The average molecular weight is 288 g/mol.